The number of rotatable bonds is 4. The normalized spacial score (nSPS) is 16.5. The van der Waals surface area contributed by atoms with Crippen LogP contribution in [0.1, 0.15) is 47.9 Å². The van der Waals surface area contributed by atoms with Gasteiger partial charge in [-0.3, -0.25) is 0 Å². The minimum atomic E-state index is -0.365. The fraction of sp³-hybridized carbons (Fsp3) is 0.333. The van der Waals surface area contributed by atoms with Crippen LogP contribution in [0.15, 0.2) is 42.5 Å². The summed E-state index contributed by atoms with van der Waals surface area (Å²) < 4.78 is 13.8. The van der Waals surface area contributed by atoms with Crippen molar-refractivity contribution in [2.45, 2.75) is 31.2 Å². The number of nitrogens with one attached hydrogen (secondary N) is 1. The van der Waals surface area contributed by atoms with E-state index in [2.05, 4.69) is 23.5 Å². The summed E-state index contributed by atoms with van der Waals surface area (Å²) in [4.78, 5) is 0. The van der Waals surface area contributed by atoms with Crippen LogP contribution in [0.25, 0.3) is 0 Å². The van der Waals surface area contributed by atoms with E-state index in [1.807, 2.05) is 19.2 Å². The van der Waals surface area contributed by atoms with Gasteiger partial charge in [-0.1, -0.05) is 54.4 Å². The van der Waals surface area contributed by atoms with Crippen LogP contribution >= 0.6 is 11.6 Å². The second-order valence-electron chi connectivity index (χ2n) is 5.62. The van der Waals surface area contributed by atoms with Gasteiger partial charge in [0.2, 0.25) is 0 Å². The molecule has 0 aliphatic heterocycles. The van der Waals surface area contributed by atoms with E-state index in [0.717, 1.165) is 5.56 Å². The second kappa shape index (κ2) is 6.17. The minimum absolute atomic E-state index is 0.0787. The molecule has 0 heterocycles. The molecule has 2 aromatic carbocycles. The lowest BCUT2D eigenvalue weighted by molar-refractivity contribution is 0.415. The lowest BCUT2D eigenvalue weighted by Gasteiger charge is -2.31. The smallest absolute Gasteiger partial charge is 0.142 e. The summed E-state index contributed by atoms with van der Waals surface area (Å²) in [5.74, 6) is 0.264. The van der Waals surface area contributed by atoms with Crippen LogP contribution < -0.4 is 5.32 Å². The Morgan fingerprint density at radius 1 is 1.10 bits per heavy atom. The number of hydrogen-bond donors (Lipinski definition) is 1. The molecule has 0 aromatic heterocycles. The molecule has 2 aromatic rings. The maximum Gasteiger partial charge on any atom is 0.142 e. The zero-order valence-electron chi connectivity index (χ0n) is 12.1. The van der Waals surface area contributed by atoms with Crippen molar-refractivity contribution in [1.82, 2.24) is 5.32 Å². The van der Waals surface area contributed by atoms with Crippen LogP contribution in [0.3, 0.4) is 0 Å². The molecule has 1 aliphatic rings. The van der Waals surface area contributed by atoms with Gasteiger partial charge in [0, 0.05) is 0 Å². The molecule has 21 heavy (non-hydrogen) atoms. The maximum atomic E-state index is 13.8. The number of hydrogen-bond acceptors (Lipinski definition) is 1. The first-order valence-corrected chi connectivity index (χ1v) is 7.80. The fourth-order valence-electron chi connectivity index (χ4n) is 3.09. The van der Waals surface area contributed by atoms with Crippen molar-refractivity contribution in [3.05, 3.63) is 70.0 Å². The largest absolute Gasteiger partial charge is 0.309 e. The topological polar surface area (TPSA) is 12.0 Å². The molecule has 0 spiro atoms. The van der Waals surface area contributed by atoms with Gasteiger partial charge < -0.3 is 5.32 Å². The third kappa shape index (κ3) is 2.70. The molecular formula is C18H19ClFN. The molecule has 0 radical (unpaired) electrons. The summed E-state index contributed by atoms with van der Waals surface area (Å²) in [7, 11) is 1.89. The fourth-order valence-corrected chi connectivity index (χ4v) is 3.32. The average molecular weight is 304 g/mol. The standard InChI is InChI=1S/C18H19ClFN/c1-21-18(15-10-5-11-16(20)17(15)19)14-9-3-2-8-13(14)12-6-4-7-12/h2-3,5,8-12,18,21H,4,6-7H2,1H3. The first kappa shape index (κ1) is 14.6. The molecule has 0 saturated heterocycles. The first-order valence-electron chi connectivity index (χ1n) is 7.42. The van der Waals surface area contributed by atoms with Crippen molar-refractivity contribution >= 4 is 11.6 Å². The molecule has 1 aliphatic carbocycles. The molecule has 1 fully saturated rings. The quantitative estimate of drug-likeness (QED) is 0.833. The van der Waals surface area contributed by atoms with Crippen LogP contribution in [0, 0.1) is 5.82 Å². The Morgan fingerprint density at radius 3 is 2.48 bits per heavy atom. The van der Waals surface area contributed by atoms with Gasteiger partial charge in [0.15, 0.2) is 0 Å². The van der Waals surface area contributed by atoms with Crippen molar-refractivity contribution in [1.29, 1.82) is 0 Å². The Kier molecular flexibility index (Phi) is 4.27. The lowest BCUT2D eigenvalue weighted by Crippen LogP contribution is -2.22. The molecule has 1 nitrogen and oxygen atoms in total. The van der Waals surface area contributed by atoms with Crippen molar-refractivity contribution < 1.29 is 4.39 Å². The van der Waals surface area contributed by atoms with Crippen LogP contribution in [0.2, 0.25) is 5.02 Å². The van der Waals surface area contributed by atoms with Gasteiger partial charge in [-0.2, -0.15) is 0 Å². The molecule has 110 valence electrons. The van der Waals surface area contributed by atoms with E-state index in [1.54, 1.807) is 6.07 Å². The van der Waals surface area contributed by atoms with Gasteiger partial charge in [0.25, 0.3) is 0 Å². The molecule has 1 unspecified atom stereocenters. The summed E-state index contributed by atoms with van der Waals surface area (Å²) in [6.07, 6.45) is 3.78. The second-order valence-corrected chi connectivity index (χ2v) is 6.00. The van der Waals surface area contributed by atoms with Crippen molar-refractivity contribution in [3.63, 3.8) is 0 Å². The number of halogens is 2. The predicted molar refractivity (Wildman–Crippen MR) is 85.3 cm³/mol. The zero-order chi connectivity index (χ0) is 14.8. The molecule has 1 N–H and O–H groups in total. The number of benzene rings is 2. The van der Waals surface area contributed by atoms with E-state index in [9.17, 15) is 4.39 Å². The van der Waals surface area contributed by atoms with E-state index in [1.165, 1.54) is 36.5 Å². The summed E-state index contributed by atoms with van der Waals surface area (Å²) >= 11 is 6.18. The monoisotopic (exact) mass is 303 g/mol. The lowest BCUT2D eigenvalue weighted by atomic mass is 9.76. The molecule has 3 rings (SSSR count). The predicted octanol–water partition coefficient (Wildman–Crippen LogP) is 5.06. The third-order valence-corrected chi connectivity index (χ3v) is 4.83. The third-order valence-electron chi connectivity index (χ3n) is 4.43. The highest BCUT2D eigenvalue weighted by molar-refractivity contribution is 6.31. The Labute approximate surface area is 130 Å². The van der Waals surface area contributed by atoms with E-state index in [0.29, 0.717) is 5.92 Å². The van der Waals surface area contributed by atoms with Crippen molar-refractivity contribution in [2.24, 2.45) is 0 Å². The van der Waals surface area contributed by atoms with E-state index in [-0.39, 0.29) is 16.9 Å². The maximum absolute atomic E-state index is 13.8. The first-order chi connectivity index (χ1) is 10.2. The van der Waals surface area contributed by atoms with E-state index in [4.69, 9.17) is 11.6 Å². The Balaban J connectivity index is 2.06. The van der Waals surface area contributed by atoms with Gasteiger partial charge in [0.1, 0.15) is 5.82 Å². The van der Waals surface area contributed by atoms with Gasteiger partial charge in [-0.05, 0) is 48.6 Å². The molecule has 1 saturated carbocycles. The highest BCUT2D eigenvalue weighted by Crippen LogP contribution is 2.41. The van der Waals surface area contributed by atoms with E-state index < -0.39 is 0 Å². The summed E-state index contributed by atoms with van der Waals surface area (Å²) in [5.41, 5.74) is 3.37. The van der Waals surface area contributed by atoms with E-state index >= 15 is 0 Å². The van der Waals surface area contributed by atoms with Gasteiger partial charge in [0.05, 0.1) is 11.1 Å². The molecule has 3 heteroatoms. The Hall–Kier alpha value is -1.38. The average Bonchev–Trinajstić information content (AvgIpc) is 2.44. The Morgan fingerprint density at radius 2 is 1.81 bits per heavy atom. The van der Waals surface area contributed by atoms with Gasteiger partial charge in [-0.25, -0.2) is 4.39 Å². The Bertz CT molecular complexity index is 637. The summed E-state index contributed by atoms with van der Waals surface area (Å²) in [5, 5.41) is 3.50. The zero-order valence-corrected chi connectivity index (χ0v) is 12.8. The van der Waals surface area contributed by atoms with Crippen LogP contribution in [0.5, 0.6) is 0 Å². The molecular weight excluding hydrogens is 285 g/mol. The summed E-state index contributed by atoms with van der Waals surface area (Å²) in [6, 6.07) is 13.4. The van der Waals surface area contributed by atoms with Crippen LogP contribution in [-0.2, 0) is 0 Å². The summed E-state index contributed by atoms with van der Waals surface area (Å²) in [6.45, 7) is 0. The van der Waals surface area contributed by atoms with Crippen LogP contribution in [0.4, 0.5) is 4.39 Å². The molecule has 0 bridgehead atoms. The van der Waals surface area contributed by atoms with Crippen LogP contribution in [-0.4, -0.2) is 7.05 Å². The van der Waals surface area contributed by atoms with Gasteiger partial charge in [-0.15, -0.1) is 0 Å². The van der Waals surface area contributed by atoms with Crippen molar-refractivity contribution in [3.8, 4) is 0 Å². The highest BCUT2D eigenvalue weighted by atomic mass is 35.5. The highest BCUT2D eigenvalue weighted by Gasteiger charge is 2.26. The SMILES string of the molecule is CNC(c1ccccc1C1CCC1)c1cccc(F)c1Cl. The molecule has 1 atom stereocenters. The van der Waals surface area contributed by atoms with Crippen molar-refractivity contribution in [2.75, 3.05) is 7.05 Å². The van der Waals surface area contributed by atoms with Gasteiger partial charge >= 0.3 is 0 Å². The molecule has 0 amide bonds. The minimum Gasteiger partial charge on any atom is -0.309 e.